The monoisotopic (exact) mass is 220 g/mol. The lowest BCUT2D eigenvalue weighted by Crippen LogP contribution is -2.56. The van der Waals surface area contributed by atoms with Crippen LogP contribution in [0.5, 0.6) is 5.75 Å². The first-order chi connectivity index (χ1) is 7.70. The van der Waals surface area contributed by atoms with Crippen molar-refractivity contribution in [2.75, 3.05) is 20.2 Å². The molecule has 2 N–H and O–H groups in total. The lowest BCUT2D eigenvalue weighted by atomic mass is 10.1. The number of ether oxygens (including phenoxy) is 1. The molecule has 0 aliphatic carbocycles. The number of benzene rings is 1. The summed E-state index contributed by atoms with van der Waals surface area (Å²) in [4.78, 5) is 12.0. The molecule has 0 bridgehead atoms. The van der Waals surface area contributed by atoms with E-state index < -0.39 is 0 Å². The van der Waals surface area contributed by atoms with Crippen LogP contribution < -0.4 is 15.4 Å². The minimum absolute atomic E-state index is 0.0629. The molecular weight excluding hydrogens is 204 g/mol. The van der Waals surface area contributed by atoms with Gasteiger partial charge in [-0.15, -0.1) is 0 Å². The second kappa shape index (κ2) is 4.53. The Kier molecular flexibility index (Phi) is 3.10. The molecule has 0 saturated carbocycles. The molecule has 1 amide bonds. The minimum Gasteiger partial charge on any atom is -0.496 e. The zero-order valence-electron chi connectivity index (χ0n) is 9.54. The van der Waals surface area contributed by atoms with Crippen molar-refractivity contribution < 1.29 is 9.53 Å². The minimum atomic E-state index is -0.0629. The molecule has 1 heterocycles. The Labute approximate surface area is 95.0 Å². The summed E-state index contributed by atoms with van der Waals surface area (Å²) in [7, 11) is 1.58. The molecule has 0 spiro atoms. The van der Waals surface area contributed by atoms with Crippen LogP contribution in [0.2, 0.25) is 0 Å². The van der Waals surface area contributed by atoms with Crippen LogP contribution >= 0.6 is 0 Å². The fourth-order valence-electron chi connectivity index (χ4n) is 1.65. The molecule has 1 saturated heterocycles. The molecule has 1 aromatic carbocycles. The summed E-state index contributed by atoms with van der Waals surface area (Å²) >= 11 is 0. The maximum absolute atomic E-state index is 12.0. The van der Waals surface area contributed by atoms with Crippen molar-refractivity contribution in [2.24, 2.45) is 0 Å². The van der Waals surface area contributed by atoms with Crippen LogP contribution in [-0.4, -0.2) is 32.1 Å². The predicted octanol–water partition coefficient (Wildman–Crippen LogP) is 0.705. The van der Waals surface area contributed by atoms with Gasteiger partial charge in [-0.05, 0) is 19.1 Å². The molecule has 1 aromatic rings. The second-order valence-corrected chi connectivity index (χ2v) is 4.03. The first-order valence-electron chi connectivity index (χ1n) is 5.37. The van der Waals surface area contributed by atoms with E-state index in [0.29, 0.717) is 11.3 Å². The molecule has 16 heavy (non-hydrogen) atoms. The number of aryl methyl sites for hydroxylation is 1. The summed E-state index contributed by atoms with van der Waals surface area (Å²) in [6, 6.07) is 5.85. The largest absolute Gasteiger partial charge is 0.496 e. The molecule has 1 fully saturated rings. The fourth-order valence-corrected chi connectivity index (χ4v) is 1.65. The normalized spacial score (nSPS) is 15.4. The summed E-state index contributed by atoms with van der Waals surface area (Å²) < 4.78 is 5.18. The Hall–Kier alpha value is -1.55. The van der Waals surface area contributed by atoms with Crippen LogP contribution in [0.25, 0.3) is 0 Å². The van der Waals surface area contributed by atoms with Gasteiger partial charge in [-0.25, -0.2) is 0 Å². The van der Waals surface area contributed by atoms with E-state index in [-0.39, 0.29) is 11.9 Å². The smallest absolute Gasteiger partial charge is 0.255 e. The number of rotatable bonds is 3. The molecule has 4 nitrogen and oxygen atoms in total. The van der Waals surface area contributed by atoms with Crippen molar-refractivity contribution >= 4 is 5.91 Å². The predicted molar refractivity (Wildman–Crippen MR) is 61.9 cm³/mol. The molecule has 2 rings (SSSR count). The molecule has 1 aliphatic rings. The molecule has 0 atom stereocenters. The van der Waals surface area contributed by atoms with E-state index >= 15 is 0 Å². The topological polar surface area (TPSA) is 50.4 Å². The van der Waals surface area contributed by atoms with Crippen LogP contribution in [0.1, 0.15) is 15.9 Å². The van der Waals surface area contributed by atoms with Gasteiger partial charge < -0.3 is 15.4 Å². The van der Waals surface area contributed by atoms with E-state index in [1.165, 1.54) is 0 Å². The van der Waals surface area contributed by atoms with Gasteiger partial charge in [0.05, 0.1) is 18.7 Å². The highest BCUT2D eigenvalue weighted by Crippen LogP contribution is 2.19. The zero-order valence-corrected chi connectivity index (χ0v) is 9.54. The third kappa shape index (κ3) is 2.17. The molecule has 1 aliphatic heterocycles. The van der Waals surface area contributed by atoms with Crippen LogP contribution in [-0.2, 0) is 0 Å². The highest BCUT2D eigenvalue weighted by Gasteiger charge is 2.21. The van der Waals surface area contributed by atoms with Crippen molar-refractivity contribution in [1.82, 2.24) is 10.6 Å². The van der Waals surface area contributed by atoms with Crippen LogP contribution in [0.3, 0.4) is 0 Å². The van der Waals surface area contributed by atoms with Gasteiger partial charge in [-0.2, -0.15) is 0 Å². The van der Waals surface area contributed by atoms with Gasteiger partial charge in [0.15, 0.2) is 0 Å². The van der Waals surface area contributed by atoms with E-state index in [4.69, 9.17) is 4.74 Å². The number of hydrogen-bond donors (Lipinski definition) is 2. The summed E-state index contributed by atoms with van der Waals surface area (Å²) in [5.41, 5.74) is 1.66. The standard InChI is InChI=1S/C12H16N2O2/c1-8-3-4-11(16-2)10(5-8)12(15)14-9-6-13-7-9/h3-5,9,13H,6-7H2,1-2H3,(H,14,15). The molecule has 86 valence electrons. The molecular formula is C12H16N2O2. The van der Waals surface area contributed by atoms with Crippen molar-refractivity contribution in [3.63, 3.8) is 0 Å². The first-order valence-corrected chi connectivity index (χ1v) is 5.37. The first kappa shape index (κ1) is 11.0. The number of amides is 1. The molecule has 0 aromatic heterocycles. The third-order valence-corrected chi connectivity index (χ3v) is 2.72. The van der Waals surface area contributed by atoms with Gasteiger partial charge >= 0.3 is 0 Å². The lowest BCUT2D eigenvalue weighted by Gasteiger charge is -2.28. The summed E-state index contributed by atoms with van der Waals surface area (Å²) in [5.74, 6) is 0.558. The SMILES string of the molecule is COc1ccc(C)cc1C(=O)NC1CNC1. The van der Waals surface area contributed by atoms with Crippen LogP contribution in [0, 0.1) is 6.92 Å². The Balaban J connectivity index is 2.16. The Morgan fingerprint density at radius 2 is 2.25 bits per heavy atom. The molecule has 0 radical (unpaired) electrons. The fraction of sp³-hybridized carbons (Fsp3) is 0.417. The summed E-state index contributed by atoms with van der Waals surface area (Å²) in [5, 5.41) is 6.07. The van der Waals surface area contributed by atoms with E-state index in [1.54, 1.807) is 7.11 Å². The molecule has 0 unspecified atom stereocenters. The second-order valence-electron chi connectivity index (χ2n) is 4.03. The zero-order chi connectivity index (χ0) is 11.5. The van der Waals surface area contributed by atoms with Gasteiger partial charge in [0.25, 0.3) is 5.91 Å². The van der Waals surface area contributed by atoms with Crippen LogP contribution in [0.4, 0.5) is 0 Å². The van der Waals surface area contributed by atoms with Crippen molar-refractivity contribution in [2.45, 2.75) is 13.0 Å². The average Bonchev–Trinajstić information content (AvgIpc) is 2.23. The number of hydrogen-bond acceptors (Lipinski definition) is 3. The average molecular weight is 220 g/mol. The van der Waals surface area contributed by atoms with E-state index in [0.717, 1.165) is 18.7 Å². The van der Waals surface area contributed by atoms with Crippen LogP contribution in [0.15, 0.2) is 18.2 Å². The van der Waals surface area contributed by atoms with E-state index in [9.17, 15) is 4.79 Å². The van der Waals surface area contributed by atoms with Gasteiger partial charge in [0.1, 0.15) is 5.75 Å². The number of methoxy groups -OCH3 is 1. The van der Waals surface area contributed by atoms with Gasteiger partial charge in [0.2, 0.25) is 0 Å². The van der Waals surface area contributed by atoms with E-state index in [1.807, 2.05) is 25.1 Å². The maximum atomic E-state index is 12.0. The maximum Gasteiger partial charge on any atom is 0.255 e. The van der Waals surface area contributed by atoms with Crippen molar-refractivity contribution in [3.05, 3.63) is 29.3 Å². The third-order valence-electron chi connectivity index (χ3n) is 2.72. The number of carbonyl (C=O) groups is 1. The quantitative estimate of drug-likeness (QED) is 0.788. The van der Waals surface area contributed by atoms with Crippen molar-refractivity contribution in [3.8, 4) is 5.75 Å². The summed E-state index contributed by atoms with van der Waals surface area (Å²) in [6.45, 7) is 3.65. The number of nitrogens with one attached hydrogen (secondary N) is 2. The Morgan fingerprint density at radius 1 is 1.50 bits per heavy atom. The Morgan fingerprint density at radius 3 is 2.81 bits per heavy atom. The van der Waals surface area contributed by atoms with Gasteiger partial charge in [-0.3, -0.25) is 4.79 Å². The Bertz CT molecular complexity index is 400. The van der Waals surface area contributed by atoms with Gasteiger partial charge in [-0.1, -0.05) is 11.6 Å². The summed E-state index contributed by atoms with van der Waals surface area (Å²) in [6.07, 6.45) is 0. The van der Waals surface area contributed by atoms with Gasteiger partial charge in [0, 0.05) is 13.1 Å². The van der Waals surface area contributed by atoms with E-state index in [2.05, 4.69) is 10.6 Å². The lowest BCUT2D eigenvalue weighted by molar-refractivity contribution is 0.0921. The highest BCUT2D eigenvalue weighted by atomic mass is 16.5. The highest BCUT2D eigenvalue weighted by molar-refractivity contribution is 5.97. The number of carbonyl (C=O) groups excluding carboxylic acids is 1. The van der Waals surface area contributed by atoms with Crippen molar-refractivity contribution in [1.29, 1.82) is 0 Å². The molecule has 4 heteroatoms.